The van der Waals surface area contributed by atoms with Crippen molar-refractivity contribution in [1.29, 1.82) is 0 Å². The Hall–Kier alpha value is -3.15. The number of benzene rings is 1. The van der Waals surface area contributed by atoms with Crippen molar-refractivity contribution in [2.24, 2.45) is 5.92 Å². The lowest BCUT2D eigenvalue weighted by molar-refractivity contribution is -0.141. The molecular formula is C19H20N2O4. The highest BCUT2D eigenvalue weighted by Crippen LogP contribution is 2.21. The largest absolute Gasteiger partial charge is 0.496 e. The van der Waals surface area contributed by atoms with Crippen LogP contribution in [-0.4, -0.2) is 35.6 Å². The van der Waals surface area contributed by atoms with Gasteiger partial charge in [0, 0.05) is 25.0 Å². The van der Waals surface area contributed by atoms with Gasteiger partial charge < -0.3 is 15.2 Å². The molecule has 2 N–H and O–H groups in total. The van der Waals surface area contributed by atoms with E-state index in [4.69, 9.17) is 4.74 Å². The van der Waals surface area contributed by atoms with Crippen LogP contribution in [-0.2, 0) is 16.0 Å². The number of pyridine rings is 1. The van der Waals surface area contributed by atoms with Crippen LogP contribution in [0.3, 0.4) is 0 Å². The number of hydrogen-bond donors (Lipinski definition) is 2. The minimum absolute atomic E-state index is 0.0346. The van der Waals surface area contributed by atoms with Gasteiger partial charge in [0.15, 0.2) is 0 Å². The van der Waals surface area contributed by atoms with E-state index in [2.05, 4.69) is 10.3 Å². The molecule has 0 bridgehead atoms. The number of carboxylic acid groups (broad SMARTS) is 1. The Morgan fingerprint density at radius 1 is 1.24 bits per heavy atom. The highest BCUT2D eigenvalue weighted by Gasteiger charge is 2.20. The first-order chi connectivity index (χ1) is 12.1. The predicted molar refractivity (Wildman–Crippen MR) is 94.1 cm³/mol. The summed E-state index contributed by atoms with van der Waals surface area (Å²) in [5.41, 5.74) is 1.63. The van der Waals surface area contributed by atoms with Crippen molar-refractivity contribution in [3.8, 4) is 5.75 Å². The van der Waals surface area contributed by atoms with Crippen molar-refractivity contribution in [3.05, 3.63) is 66.0 Å². The maximum Gasteiger partial charge on any atom is 0.308 e. The molecule has 0 radical (unpaired) electrons. The Morgan fingerprint density at radius 3 is 2.64 bits per heavy atom. The Morgan fingerprint density at radius 2 is 1.96 bits per heavy atom. The van der Waals surface area contributed by atoms with E-state index in [1.165, 1.54) is 6.08 Å². The van der Waals surface area contributed by atoms with Crippen LogP contribution >= 0.6 is 0 Å². The molecule has 0 aliphatic heterocycles. The maximum atomic E-state index is 11.9. The van der Waals surface area contributed by atoms with Gasteiger partial charge in [0.1, 0.15) is 5.75 Å². The summed E-state index contributed by atoms with van der Waals surface area (Å²) in [5, 5.41) is 12.0. The fraction of sp³-hybridized carbons (Fsp3) is 0.211. The van der Waals surface area contributed by atoms with Crippen molar-refractivity contribution < 1.29 is 19.4 Å². The number of hydrogen-bond acceptors (Lipinski definition) is 4. The minimum atomic E-state index is -0.968. The third kappa shape index (κ3) is 5.76. The normalized spacial score (nSPS) is 11.9. The van der Waals surface area contributed by atoms with E-state index >= 15 is 0 Å². The second-order valence-electron chi connectivity index (χ2n) is 5.41. The van der Waals surface area contributed by atoms with E-state index < -0.39 is 11.9 Å². The molecule has 1 unspecified atom stereocenters. The number of nitrogens with zero attached hydrogens (tertiary/aromatic N) is 1. The van der Waals surface area contributed by atoms with E-state index in [1.807, 2.05) is 18.2 Å². The molecule has 1 aromatic carbocycles. The number of carbonyl (C=O) groups is 2. The molecule has 6 nitrogen and oxygen atoms in total. The smallest absolute Gasteiger partial charge is 0.308 e. The molecule has 2 rings (SSSR count). The third-order valence-electron chi connectivity index (χ3n) is 3.66. The quantitative estimate of drug-likeness (QED) is 0.719. The molecule has 0 saturated carbocycles. The number of para-hydroxylation sites is 1. The molecule has 2 aromatic rings. The summed E-state index contributed by atoms with van der Waals surface area (Å²) < 4.78 is 5.24. The van der Waals surface area contributed by atoms with Crippen LogP contribution in [0, 0.1) is 5.92 Å². The first kappa shape index (κ1) is 18.2. The SMILES string of the molecule is COc1ccccc1CC(CNC(=O)C=Cc1ccncc1)C(=O)O. The van der Waals surface area contributed by atoms with Crippen LogP contribution < -0.4 is 10.1 Å². The summed E-state index contributed by atoms with van der Waals surface area (Å²) in [7, 11) is 1.54. The standard InChI is InChI=1S/C19H20N2O4/c1-25-17-5-3-2-4-15(17)12-16(19(23)24)13-21-18(22)7-6-14-8-10-20-11-9-14/h2-11,16H,12-13H2,1H3,(H,21,22)(H,23,24). The molecule has 25 heavy (non-hydrogen) atoms. The molecule has 1 amide bonds. The molecule has 1 heterocycles. The zero-order chi connectivity index (χ0) is 18.1. The van der Waals surface area contributed by atoms with Crippen LogP contribution in [0.1, 0.15) is 11.1 Å². The Labute approximate surface area is 146 Å². The summed E-state index contributed by atoms with van der Waals surface area (Å²) in [6.07, 6.45) is 6.55. The molecule has 0 aliphatic rings. The van der Waals surface area contributed by atoms with E-state index in [9.17, 15) is 14.7 Å². The highest BCUT2D eigenvalue weighted by atomic mass is 16.5. The van der Waals surface area contributed by atoms with Crippen molar-refractivity contribution >= 4 is 18.0 Å². The van der Waals surface area contributed by atoms with Gasteiger partial charge in [0.05, 0.1) is 13.0 Å². The number of carbonyl (C=O) groups excluding carboxylic acids is 1. The number of amides is 1. The molecular weight excluding hydrogens is 320 g/mol. The second kappa shape index (κ2) is 9.22. The number of aliphatic carboxylic acids is 1. The van der Waals surface area contributed by atoms with Crippen molar-refractivity contribution in [3.63, 3.8) is 0 Å². The lowest BCUT2D eigenvalue weighted by Gasteiger charge is -2.15. The fourth-order valence-electron chi connectivity index (χ4n) is 2.31. The van der Waals surface area contributed by atoms with Gasteiger partial charge >= 0.3 is 5.97 Å². The van der Waals surface area contributed by atoms with Crippen LogP contribution in [0.4, 0.5) is 0 Å². The van der Waals surface area contributed by atoms with Gasteiger partial charge in [-0.15, -0.1) is 0 Å². The molecule has 0 spiro atoms. The van der Waals surface area contributed by atoms with E-state index in [1.54, 1.807) is 43.8 Å². The van der Waals surface area contributed by atoms with Gasteiger partial charge in [-0.05, 0) is 41.8 Å². The second-order valence-corrected chi connectivity index (χ2v) is 5.41. The van der Waals surface area contributed by atoms with Gasteiger partial charge in [-0.2, -0.15) is 0 Å². The van der Waals surface area contributed by atoms with Crippen molar-refractivity contribution in [2.45, 2.75) is 6.42 Å². The van der Waals surface area contributed by atoms with Crippen LogP contribution in [0.2, 0.25) is 0 Å². The number of methoxy groups -OCH3 is 1. The fourth-order valence-corrected chi connectivity index (χ4v) is 2.31. The number of rotatable bonds is 8. The van der Waals surface area contributed by atoms with Crippen molar-refractivity contribution in [2.75, 3.05) is 13.7 Å². The van der Waals surface area contributed by atoms with Crippen LogP contribution in [0.15, 0.2) is 54.9 Å². The highest BCUT2D eigenvalue weighted by molar-refractivity contribution is 5.91. The molecule has 130 valence electrons. The van der Waals surface area contributed by atoms with Crippen LogP contribution in [0.25, 0.3) is 6.08 Å². The molecule has 0 saturated heterocycles. The lowest BCUT2D eigenvalue weighted by Crippen LogP contribution is -2.33. The zero-order valence-electron chi connectivity index (χ0n) is 13.9. The number of ether oxygens (including phenoxy) is 1. The van der Waals surface area contributed by atoms with Gasteiger partial charge in [-0.25, -0.2) is 0 Å². The Bertz CT molecular complexity index is 744. The molecule has 1 atom stereocenters. The van der Waals surface area contributed by atoms with Crippen molar-refractivity contribution in [1.82, 2.24) is 10.3 Å². The molecule has 0 fully saturated rings. The van der Waals surface area contributed by atoms with E-state index in [0.29, 0.717) is 5.75 Å². The predicted octanol–water partition coefficient (Wildman–Crippen LogP) is 2.16. The molecule has 1 aromatic heterocycles. The van der Waals surface area contributed by atoms with Gasteiger partial charge in [0.2, 0.25) is 5.91 Å². The van der Waals surface area contributed by atoms with Gasteiger partial charge in [0.25, 0.3) is 0 Å². The summed E-state index contributed by atoms with van der Waals surface area (Å²) in [6.45, 7) is 0.0346. The summed E-state index contributed by atoms with van der Waals surface area (Å²) in [4.78, 5) is 27.3. The van der Waals surface area contributed by atoms with E-state index in [-0.39, 0.29) is 18.9 Å². The Balaban J connectivity index is 1.94. The molecule has 0 aliphatic carbocycles. The average Bonchev–Trinajstić information content (AvgIpc) is 2.64. The molecule has 6 heteroatoms. The van der Waals surface area contributed by atoms with E-state index in [0.717, 1.165) is 11.1 Å². The zero-order valence-corrected chi connectivity index (χ0v) is 13.9. The minimum Gasteiger partial charge on any atom is -0.496 e. The summed E-state index contributed by atoms with van der Waals surface area (Å²) in [5.74, 6) is -1.42. The van der Waals surface area contributed by atoms with Crippen LogP contribution in [0.5, 0.6) is 5.75 Å². The summed E-state index contributed by atoms with van der Waals surface area (Å²) in [6, 6.07) is 10.8. The lowest BCUT2D eigenvalue weighted by atomic mass is 9.98. The maximum absolute atomic E-state index is 11.9. The summed E-state index contributed by atoms with van der Waals surface area (Å²) >= 11 is 0. The number of aromatic nitrogens is 1. The first-order valence-electron chi connectivity index (χ1n) is 7.80. The number of nitrogens with one attached hydrogen (secondary N) is 1. The number of carboxylic acids is 1. The monoisotopic (exact) mass is 340 g/mol. The first-order valence-corrected chi connectivity index (χ1v) is 7.80. The third-order valence-corrected chi connectivity index (χ3v) is 3.66. The van der Waals surface area contributed by atoms with Gasteiger partial charge in [-0.1, -0.05) is 18.2 Å². The topological polar surface area (TPSA) is 88.5 Å². The average molecular weight is 340 g/mol. The van der Waals surface area contributed by atoms with Gasteiger partial charge in [-0.3, -0.25) is 14.6 Å². The Kier molecular flexibility index (Phi) is 6.71.